The van der Waals surface area contributed by atoms with Crippen LogP contribution in [0.4, 0.5) is 5.95 Å². The molecule has 2 unspecified atom stereocenters. The molecular weight excluding hydrogens is 370 g/mol. The molecule has 1 N–H and O–H groups in total. The second kappa shape index (κ2) is 6.51. The van der Waals surface area contributed by atoms with E-state index in [-0.39, 0.29) is 40.9 Å². The summed E-state index contributed by atoms with van der Waals surface area (Å²) in [6.45, 7) is 1.76. The van der Waals surface area contributed by atoms with Crippen LogP contribution in [0.1, 0.15) is 29.7 Å². The van der Waals surface area contributed by atoms with Crippen molar-refractivity contribution in [1.82, 2.24) is 19.6 Å². The minimum absolute atomic E-state index is 0.0512. The number of aryl methyl sites for hydroxylation is 1. The number of carbonyl (C=O) groups is 2. The number of hydrogen-bond donors (Lipinski definition) is 1. The first-order valence-corrected chi connectivity index (χ1v) is 9.59. The molecule has 1 aromatic carbocycles. The Labute approximate surface area is 165 Å². The van der Waals surface area contributed by atoms with Gasteiger partial charge in [0.25, 0.3) is 11.3 Å². The molecule has 0 saturated carbocycles. The zero-order chi connectivity index (χ0) is 20.1. The molecule has 8 heteroatoms. The molecule has 1 aliphatic carbocycles. The van der Waals surface area contributed by atoms with Gasteiger partial charge in [0.15, 0.2) is 0 Å². The lowest BCUT2D eigenvalue weighted by Gasteiger charge is -2.14. The van der Waals surface area contributed by atoms with Crippen molar-refractivity contribution in [1.29, 1.82) is 0 Å². The van der Waals surface area contributed by atoms with Gasteiger partial charge in [-0.3, -0.25) is 19.5 Å². The topological polar surface area (TPSA) is 100 Å². The van der Waals surface area contributed by atoms with Crippen molar-refractivity contribution in [2.45, 2.75) is 26.2 Å². The first-order chi connectivity index (χ1) is 14.0. The highest BCUT2D eigenvalue weighted by Crippen LogP contribution is 2.36. The van der Waals surface area contributed by atoms with Crippen molar-refractivity contribution in [3.63, 3.8) is 0 Å². The largest absolute Gasteiger partial charge is 0.277 e. The van der Waals surface area contributed by atoms with Gasteiger partial charge in [-0.05, 0) is 25.3 Å². The number of amides is 2. The third-order valence-electron chi connectivity index (χ3n) is 5.73. The normalized spacial score (nSPS) is 21.2. The van der Waals surface area contributed by atoms with E-state index in [4.69, 9.17) is 0 Å². The Morgan fingerprint density at radius 2 is 1.66 bits per heavy atom. The first-order valence-electron chi connectivity index (χ1n) is 9.59. The molecule has 3 heterocycles. The summed E-state index contributed by atoms with van der Waals surface area (Å²) in [6.07, 6.45) is 5.39. The number of hydrogen-bond acceptors (Lipinski definition) is 5. The van der Waals surface area contributed by atoms with Crippen molar-refractivity contribution in [3.05, 3.63) is 69.7 Å². The van der Waals surface area contributed by atoms with Crippen LogP contribution in [0.5, 0.6) is 0 Å². The predicted octanol–water partition coefficient (Wildman–Crippen LogP) is 1.77. The number of fused-ring (bicyclic) bond motifs is 2. The van der Waals surface area contributed by atoms with E-state index >= 15 is 0 Å². The lowest BCUT2D eigenvalue weighted by molar-refractivity contribution is -0.122. The van der Waals surface area contributed by atoms with E-state index in [0.29, 0.717) is 30.5 Å². The molecule has 2 amide bonds. The molecule has 29 heavy (non-hydrogen) atoms. The van der Waals surface area contributed by atoms with Crippen molar-refractivity contribution >= 4 is 23.5 Å². The minimum Gasteiger partial charge on any atom is -0.274 e. The van der Waals surface area contributed by atoms with Crippen LogP contribution in [-0.2, 0) is 16.0 Å². The zero-order valence-corrected chi connectivity index (χ0v) is 15.8. The number of imide groups is 1. The number of anilines is 1. The quantitative estimate of drug-likeness (QED) is 0.544. The maximum Gasteiger partial charge on any atom is 0.277 e. The van der Waals surface area contributed by atoms with Crippen LogP contribution in [0.2, 0.25) is 0 Å². The second-order valence-electron chi connectivity index (χ2n) is 7.49. The highest BCUT2D eigenvalue weighted by Gasteiger charge is 2.49. The van der Waals surface area contributed by atoms with E-state index in [1.807, 2.05) is 42.5 Å². The van der Waals surface area contributed by atoms with Crippen LogP contribution >= 0.6 is 0 Å². The maximum atomic E-state index is 13.0. The van der Waals surface area contributed by atoms with Gasteiger partial charge in [-0.2, -0.15) is 9.50 Å². The number of nitrogens with zero attached hydrogens (tertiary/aromatic N) is 4. The first kappa shape index (κ1) is 17.5. The average Bonchev–Trinajstić information content (AvgIpc) is 3.25. The molecule has 2 aliphatic rings. The average molecular weight is 389 g/mol. The van der Waals surface area contributed by atoms with Gasteiger partial charge in [-0.1, -0.05) is 42.5 Å². The number of rotatable bonds is 3. The summed E-state index contributed by atoms with van der Waals surface area (Å²) in [6, 6.07) is 9.65. The Kier molecular flexibility index (Phi) is 3.94. The number of aromatic nitrogens is 4. The zero-order valence-electron chi connectivity index (χ0n) is 15.8. The van der Waals surface area contributed by atoms with E-state index in [9.17, 15) is 14.4 Å². The number of allylic oxidation sites excluding steroid dienone is 2. The Bertz CT molecular complexity index is 1200. The van der Waals surface area contributed by atoms with E-state index in [0.717, 1.165) is 10.5 Å². The van der Waals surface area contributed by atoms with Crippen LogP contribution < -0.4 is 10.5 Å². The molecule has 0 radical (unpaired) electrons. The van der Waals surface area contributed by atoms with Gasteiger partial charge >= 0.3 is 0 Å². The van der Waals surface area contributed by atoms with Crippen LogP contribution in [0, 0.1) is 18.8 Å². The summed E-state index contributed by atoms with van der Waals surface area (Å²) >= 11 is 0. The fraction of sp³-hybridized carbons (Fsp3) is 0.286. The number of carbonyl (C=O) groups excluding carboxylic acids is 2. The van der Waals surface area contributed by atoms with Crippen LogP contribution in [0.3, 0.4) is 0 Å². The summed E-state index contributed by atoms with van der Waals surface area (Å²) in [7, 11) is 0. The van der Waals surface area contributed by atoms with Gasteiger partial charge in [-0.15, -0.1) is 0 Å². The lowest BCUT2D eigenvalue weighted by atomic mass is 9.85. The highest BCUT2D eigenvalue weighted by atomic mass is 16.2. The molecule has 0 bridgehead atoms. The third kappa shape index (κ3) is 2.71. The van der Waals surface area contributed by atoms with Crippen molar-refractivity contribution in [2.24, 2.45) is 11.8 Å². The number of H-pyrrole nitrogens is 1. The SMILES string of the molecule is Cc1nc2nc(N3C(=O)C4CC=CCC4C3=O)[nH]n2c(=O)c1Cc1ccccc1. The molecule has 2 aromatic heterocycles. The molecule has 0 spiro atoms. The van der Waals surface area contributed by atoms with Crippen LogP contribution in [-0.4, -0.2) is 31.4 Å². The van der Waals surface area contributed by atoms with Gasteiger partial charge < -0.3 is 0 Å². The van der Waals surface area contributed by atoms with E-state index in [1.165, 1.54) is 4.52 Å². The summed E-state index contributed by atoms with van der Waals surface area (Å²) in [5.74, 6) is -1.08. The minimum atomic E-state index is -0.360. The monoisotopic (exact) mass is 389 g/mol. The number of aromatic amines is 1. The predicted molar refractivity (Wildman–Crippen MR) is 105 cm³/mol. The van der Waals surface area contributed by atoms with Crippen molar-refractivity contribution in [2.75, 3.05) is 4.90 Å². The second-order valence-corrected chi connectivity index (χ2v) is 7.49. The van der Waals surface area contributed by atoms with Gasteiger partial charge in [0.1, 0.15) is 0 Å². The van der Waals surface area contributed by atoms with Crippen molar-refractivity contribution < 1.29 is 9.59 Å². The maximum absolute atomic E-state index is 13.0. The summed E-state index contributed by atoms with van der Waals surface area (Å²) < 4.78 is 1.21. The van der Waals surface area contributed by atoms with Gasteiger partial charge in [0.2, 0.25) is 17.8 Å². The fourth-order valence-electron chi connectivity index (χ4n) is 4.16. The molecule has 1 saturated heterocycles. The van der Waals surface area contributed by atoms with Crippen LogP contribution in [0.15, 0.2) is 47.3 Å². The number of nitrogens with one attached hydrogen (secondary N) is 1. The molecule has 146 valence electrons. The van der Waals surface area contributed by atoms with E-state index in [1.54, 1.807) is 6.92 Å². The summed E-state index contributed by atoms with van der Waals surface area (Å²) in [4.78, 5) is 48.4. The Morgan fingerprint density at radius 1 is 1.00 bits per heavy atom. The molecule has 1 fully saturated rings. The molecule has 2 atom stereocenters. The van der Waals surface area contributed by atoms with Crippen LogP contribution in [0.25, 0.3) is 5.78 Å². The number of benzene rings is 1. The molecular formula is C21H19N5O3. The van der Waals surface area contributed by atoms with Gasteiger partial charge in [0, 0.05) is 12.0 Å². The van der Waals surface area contributed by atoms with E-state index in [2.05, 4.69) is 15.1 Å². The molecule has 8 nitrogen and oxygen atoms in total. The van der Waals surface area contributed by atoms with Crippen molar-refractivity contribution in [3.8, 4) is 0 Å². The summed E-state index contributed by atoms with van der Waals surface area (Å²) in [5, 5.41) is 2.82. The summed E-state index contributed by atoms with van der Waals surface area (Å²) in [5.41, 5.74) is 1.83. The standard InChI is InChI=1S/C21H19N5O3/c1-12-16(11-13-7-3-2-4-8-13)19(29)26-20(22-12)23-21(24-26)25-17(27)14-9-5-6-10-15(14)18(25)28/h2-8,14-15H,9-11H2,1H3,(H,22,23,24). The Morgan fingerprint density at radius 3 is 2.31 bits per heavy atom. The molecule has 5 rings (SSSR count). The van der Waals surface area contributed by atoms with Gasteiger partial charge in [0.05, 0.1) is 17.5 Å². The Balaban J connectivity index is 1.56. The molecule has 1 aliphatic heterocycles. The molecule has 3 aromatic rings. The highest BCUT2D eigenvalue weighted by molar-refractivity contribution is 6.21. The van der Waals surface area contributed by atoms with Gasteiger partial charge in [-0.25, -0.2) is 9.88 Å². The smallest absolute Gasteiger partial charge is 0.274 e. The lowest BCUT2D eigenvalue weighted by Crippen LogP contribution is -2.32. The fourth-order valence-corrected chi connectivity index (χ4v) is 4.16. The Hall–Kier alpha value is -3.55. The van der Waals surface area contributed by atoms with E-state index < -0.39 is 0 Å². The third-order valence-corrected chi connectivity index (χ3v) is 5.73.